The van der Waals surface area contributed by atoms with Crippen molar-refractivity contribution in [3.8, 4) is 17.2 Å². The van der Waals surface area contributed by atoms with Crippen molar-refractivity contribution in [1.29, 1.82) is 0 Å². The Bertz CT molecular complexity index is 823. The maximum absolute atomic E-state index is 12.3. The van der Waals surface area contributed by atoms with E-state index in [0.29, 0.717) is 36.1 Å². The highest BCUT2D eigenvalue weighted by atomic mass is 79.9. The monoisotopic (exact) mass is 420 g/mol. The molecule has 3 N–H and O–H groups in total. The summed E-state index contributed by atoms with van der Waals surface area (Å²) < 4.78 is 17.0. The molecule has 1 aliphatic rings. The fraction of sp³-hybridized carbons (Fsp3) is 0.222. The van der Waals surface area contributed by atoms with Crippen LogP contribution < -0.4 is 25.3 Å². The molecule has 0 unspecified atom stereocenters. The molecule has 8 heteroatoms. The van der Waals surface area contributed by atoms with Gasteiger partial charge in [0.25, 0.3) is 5.91 Å². The number of carbonyl (C=O) groups excluding carboxylic acids is 2. The van der Waals surface area contributed by atoms with Crippen LogP contribution in [0.15, 0.2) is 40.9 Å². The molecule has 0 aliphatic carbocycles. The molecular weight excluding hydrogens is 404 g/mol. The van der Waals surface area contributed by atoms with Crippen LogP contribution in [-0.4, -0.2) is 31.6 Å². The smallest absolute Gasteiger partial charge is 0.255 e. The lowest BCUT2D eigenvalue weighted by molar-refractivity contribution is -0.120. The molecule has 0 saturated heterocycles. The van der Waals surface area contributed by atoms with E-state index in [0.717, 1.165) is 10.0 Å². The molecule has 2 amide bonds. The number of primary amides is 1. The van der Waals surface area contributed by atoms with Gasteiger partial charge in [0.2, 0.25) is 5.91 Å². The molecule has 1 aliphatic heterocycles. The molecule has 7 nitrogen and oxygen atoms in total. The first-order valence-electron chi connectivity index (χ1n) is 7.90. The molecular formula is C18H17BrN2O5. The zero-order valence-electron chi connectivity index (χ0n) is 13.8. The van der Waals surface area contributed by atoms with Crippen LogP contribution in [0.3, 0.4) is 0 Å². The number of nitrogens with one attached hydrogen (secondary N) is 1. The molecule has 136 valence electrons. The summed E-state index contributed by atoms with van der Waals surface area (Å²) in [6.45, 7) is 0.812. The normalized spacial score (nSPS) is 12.3. The van der Waals surface area contributed by atoms with E-state index in [2.05, 4.69) is 21.2 Å². The molecule has 0 atom stereocenters. The lowest BCUT2D eigenvalue weighted by Crippen LogP contribution is -2.20. The summed E-state index contributed by atoms with van der Waals surface area (Å²) in [4.78, 5) is 23.0. The first-order valence-corrected chi connectivity index (χ1v) is 8.69. The highest BCUT2D eigenvalue weighted by Crippen LogP contribution is 2.35. The predicted molar refractivity (Wildman–Crippen MR) is 98.6 cm³/mol. The number of nitrogens with two attached hydrogens (primary N) is 1. The van der Waals surface area contributed by atoms with Crippen molar-refractivity contribution >= 4 is 33.4 Å². The maximum Gasteiger partial charge on any atom is 0.255 e. The summed E-state index contributed by atoms with van der Waals surface area (Å²) in [5.74, 6) is 1.08. The van der Waals surface area contributed by atoms with Gasteiger partial charge < -0.3 is 25.3 Å². The van der Waals surface area contributed by atoms with E-state index in [9.17, 15) is 9.59 Å². The number of benzene rings is 2. The molecule has 1 heterocycles. The third-order valence-electron chi connectivity index (χ3n) is 3.58. The van der Waals surface area contributed by atoms with Crippen LogP contribution in [0, 0.1) is 0 Å². The van der Waals surface area contributed by atoms with E-state index in [-0.39, 0.29) is 18.9 Å². The van der Waals surface area contributed by atoms with Gasteiger partial charge in [0, 0.05) is 10.2 Å². The first-order chi connectivity index (χ1) is 12.5. The second-order valence-corrected chi connectivity index (χ2v) is 6.45. The van der Waals surface area contributed by atoms with Crippen LogP contribution in [0.5, 0.6) is 17.2 Å². The van der Waals surface area contributed by atoms with Crippen LogP contribution in [0.4, 0.5) is 5.69 Å². The Labute approximate surface area is 158 Å². The maximum atomic E-state index is 12.3. The summed E-state index contributed by atoms with van der Waals surface area (Å²) in [6, 6.07) is 10.3. The standard InChI is InChI=1S/C18H17BrN2O5/c19-14-9-16-15(24-5-6-25-16)7-11(14)8-18(23)21-12-1-3-13(4-2-12)26-10-17(20)22/h1-4,7,9H,5-6,8,10H2,(H2,20,22)(H,21,23). The fourth-order valence-electron chi connectivity index (χ4n) is 2.41. The molecule has 0 radical (unpaired) electrons. The Morgan fingerprint density at radius 1 is 1.12 bits per heavy atom. The number of anilines is 1. The van der Waals surface area contributed by atoms with Crippen molar-refractivity contribution in [1.82, 2.24) is 0 Å². The average Bonchev–Trinajstić information content (AvgIpc) is 2.61. The minimum Gasteiger partial charge on any atom is -0.486 e. The summed E-state index contributed by atoms with van der Waals surface area (Å²) in [5.41, 5.74) is 6.44. The van der Waals surface area contributed by atoms with E-state index >= 15 is 0 Å². The SMILES string of the molecule is NC(=O)COc1ccc(NC(=O)Cc2cc3c(cc2Br)OCCO3)cc1. The van der Waals surface area contributed by atoms with Crippen molar-refractivity contribution in [2.24, 2.45) is 5.73 Å². The van der Waals surface area contributed by atoms with E-state index in [4.69, 9.17) is 19.9 Å². The average molecular weight is 421 g/mol. The van der Waals surface area contributed by atoms with Gasteiger partial charge >= 0.3 is 0 Å². The highest BCUT2D eigenvalue weighted by molar-refractivity contribution is 9.10. The van der Waals surface area contributed by atoms with Gasteiger partial charge in [-0.15, -0.1) is 0 Å². The second kappa shape index (κ2) is 8.09. The molecule has 3 rings (SSSR count). The van der Waals surface area contributed by atoms with Crippen molar-refractivity contribution in [3.63, 3.8) is 0 Å². The summed E-state index contributed by atoms with van der Waals surface area (Å²) in [7, 11) is 0. The van der Waals surface area contributed by atoms with Crippen molar-refractivity contribution in [2.75, 3.05) is 25.1 Å². The number of amides is 2. The molecule has 0 spiro atoms. The van der Waals surface area contributed by atoms with Gasteiger partial charge in [-0.3, -0.25) is 9.59 Å². The van der Waals surface area contributed by atoms with Gasteiger partial charge in [-0.05, 0) is 42.0 Å². The van der Waals surface area contributed by atoms with E-state index in [1.165, 1.54) is 0 Å². The van der Waals surface area contributed by atoms with Gasteiger partial charge in [0.1, 0.15) is 19.0 Å². The lowest BCUT2D eigenvalue weighted by atomic mass is 10.1. The van der Waals surface area contributed by atoms with Crippen LogP contribution in [0.1, 0.15) is 5.56 Å². The van der Waals surface area contributed by atoms with Crippen LogP contribution >= 0.6 is 15.9 Å². The number of rotatable bonds is 6. The van der Waals surface area contributed by atoms with Gasteiger partial charge in [-0.25, -0.2) is 0 Å². The Hall–Kier alpha value is -2.74. The van der Waals surface area contributed by atoms with E-state index in [1.807, 2.05) is 6.07 Å². The number of halogens is 1. The topological polar surface area (TPSA) is 99.9 Å². The quantitative estimate of drug-likeness (QED) is 0.746. The highest BCUT2D eigenvalue weighted by Gasteiger charge is 2.16. The van der Waals surface area contributed by atoms with Crippen LogP contribution in [0.2, 0.25) is 0 Å². The summed E-state index contributed by atoms with van der Waals surface area (Å²) in [6.07, 6.45) is 0.178. The molecule has 0 saturated carbocycles. The zero-order chi connectivity index (χ0) is 18.5. The number of fused-ring (bicyclic) bond motifs is 1. The van der Waals surface area contributed by atoms with Gasteiger partial charge in [0.15, 0.2) is 18.1 Å². The molecule has 0 aromatic heterocycles. The Balaban J connectivity index is 1.61. The number of carbonyl (C=O) groups is 2. The molecule has 2 aromatic rings. The van der Waals surface area contributed by atoms with Crippen molar-refractivity contribution in [3.05, 3.63) is 46.4 Å². The molecule has 26 heavy (non-hydrogen) atoms. The van der Waals surface area contributed by atoms with E-state index in [1.54, 1.807) is 30.3 Å². The Morgan fingerprint density at radius 3 is 2.42 bits per heavy atom. The van der Waals surface area contributed by atoms with Gasteiger partial charge in [0.05, 0.1) is 6.42 Å². The Kier molecular flexibility index (Phi) is 5.62. The third-order valence-corrected chi connectivity index (χ3v) is 4.32. The van der Waals surface area contributed by atoms with Crippen LogP contribution in [0.25, 0.3) is 0 Å². The molecule has 0 fully saturated rings. The number of hydrogen-bond donors (Lipinski definition) is 2. The lowest BCUT2D eigenvalue weighted by Gasteiger charge is -2.19. The predicted octanol–water partition coefficient (Wildman–Crippen LogP) is 2.27. The van der Waals surface area contributed by atoms with Gasteiger partial charge in [-0.2, -0.15) is 0 Å². The van der Waals surface area contributed by atoms with Crippen molar-refractivity contribution < 1.29 is 23.8 Å². The first kappa shape index (κ1) is 18.1. The zero-order valence-corrected chi connectivity index (χ0v) is 15.4. The fourth-order valence-corrected chi connectivity index (χ4v) is 2.87. The summed E-state index contributed by atoms with van der Waals surface area (Å²) >= 11 is 3.46. The Morgan fingerprint density at radius 2 is 1.77 bits per heavy atom. The van der Waals surface area contributed by atoms with Gasteiger partial charge in [-0.1, -0.05) is 15.9 Å². The minimum absolute atomic E-state index is 0.173. The second-order valence-electron chi connectivity index (χ2n) is 5.59. The van der Waals surface area contributed by atoms with Crippen molar-refractivity contribution in [2.45, 2.75) is 6.42 Å². The molecule has 2 aromatic carbocycles. The largest absolute Gasteiger partial charge is 0.486 e. The number of hydrogen-bond acceptors (Lipinski definition) is 5. The third kappa shape index (κ3) is 4.66. The van der Waals surface area contributed by atoms with E-state index < -0.39 is 5.91 Å². The number of ether oxygens (including phenoxy) is 3. The minimum atomic E-state index is -0.549. The van der Waals surface area contributed by atoms with Crippen LogP contribution in [-0.2, 0) is 16.0 Å². The molecule has 0 bridgehead atoms. The summed E-state index contributed by atoms with van der Waals surface area (Å²) in [5, 5.41) is 2.81.